The Morgan fingerprint density at radius 2 is 2.15 bits per heavy atom. The van der Waals surface area contributed by atoms with Gasteiger partial charge in [0.1, 0.15) is 5.69 Å². The molecule has 0 spiro atoms. The van der Waals surface area contributed by atoms with Crippen molar-refractivity contribution in [2.75, 3.05) is 38.5 Å². The molecule has 1 heterocycles. The zero-order chi connectivity index (χ0) is 18.7. The van der Waals surface area contributed by atoms with Crippen LogP contribution in [0.5, 0.6) is 0 Å². The highest BCUT2D eigenvalue weighted by Gasteiger charge is 2.32. The van der Waals surface area contributed by atoms with Crippen molar-refractivity contribution in [1.29, 1.82) is 0 Å². The fourth-order valence-corrected chi connectivity index (χ4v) is 1.98. The fraction of sp³-hybridized carbons (Fsp3) is 0.562. The minimum Gasteiger partial charge on any atom is -0.357 e. The summed E-state index contributed by atoms with van der Waals surface area (Å²) in [5.41, 5.74) is -0.969. The van der Waals surface area contributed by atoms with Gasteiger partial charge in [-0.3, -0.25) is 4.99 Å². The van der Waals surface area contributed by atoms with E-state index < -0.39 is 11.9 Å². The normalized spacial score (nSPS) is 11.5. The Bertz CT molecular complexity index is 565. The van der Waals surface area contributed by atoms with Crippen LogP contribution in [-0.4, -0.2) is 54.1 Å². The van der Waals surface area contributed by atoms with Gasteiger partial charge in [-0.05, 0) is 25.8 Å². The molecule has 1 rings (SSSR count). The second kappa shape index (κ2) is 12.7. The molecule has 0 aliphatic carbocycles. The Balaban J connectivity index is 0.00000625. The lowest BCUT2D eigenvalue weighted by Gasteiger charge is -2.21. The van der Waals surface area contributed by atoms with E-state index in [1.165, 1.54) is 0 Å². The van der Waals surface area contributed by atoms with Crippen LogP contribution in [0.25, 0.3) is 0 Å². The molecule has 1 aromatic heterocycles. The summed E-state index contributed by atoms with van der Waals surface area (Å²) in [5, 5.41) is 5.94. The number of anilines is 1. The van der Waals surface area contributed by atoms with Crippen LogP contribution in [0.15, 0.2) is 29.9 Å². The lowest BCUT2D eigenvalue weighted by Crippen LogP contribution is -2.39. The van der Waals surface area contributed by atoms with Crippen molar-refractivity contribution >= 4 is 35.9 Å². The number of aromatic nitrogens is 2. The lowest BCUT2D eigenvalue weighted by molar-refractivity contribution is -0.141. The van der Waals surface area contributed by atoms with Crippen LogP contribution in [0.1, 0.15) is 25.5 Å². The summed E-state index contributed by atoms with van der Waals surface area (Å²) in [4.78, 5) is 13.7. The topological polar surface area (TPSA) is 65.4 Å². The fourth-order valence-electron chi connectivity index (χ4n) is 1.98. The molecule has 0 bridgehead atoms. The average molecular weight is 486 g/mol. The lowest BCUT2D eigenvalue weighted by atomic mass is 10.3. The molecule has 0 aliphatic heterocycles. The summed E-state index contributed by atoms with van der Waals surface area (Å²) in [6.07, 6.45) is 0.374. The molecule has 0 saturated carbocycles. The molecular formula is C16H26F3IN6. The number of nitrogens with one attached hydrogen (secondary N) is 2. The van der Waals surface area contributed by atoms with Crippen molar-refractivity contribution < 1.29 is 13.2 Å². The van der Waals surface area contributed by atoms with Crippen LogP contribution in [0.2, 0.25) is 0 Å². The van der Waals surface area contributed by atoms with E-state index in [1.807, 2.05) is 24.9 Å². The summed E-state index contributed by atoms with van der Waals surface area (Å²) in [7, 11) is 1.94. The number of nitrogens with zero attached hydrogens (tertiary/aromatic N) is 4. The number of hydrogen-bond donors (Lipinski definition) is 2. The highest BCUT2D eigenvalue weighted by molar-refractivity contribution is 14.0. The first-order valence-electron chi connectivity index (χ1n) is 8.13. The number of halogens is 4. The molecule has 1 aromatic rings. The highest BCUT2D eigenvalue weighted by atomic mass is 127. The second-order valence-corrected chi connectivity index (χ2v) is 5.28. The largest absolute Gasteiger partial charge is 0.433 e. The van der Waals surface area contributed by atoms with E-state index in [0.29, 0.717) is 13.1 Å². The minimum absolute atomic E-state index is 0. The quantitative estimate of drug-likeness (QED) is 0.184. The summed E-state index contributed by atoms with van der Waals surface area (Å²) < 4.78 is 37.8. The van der Waals surface area contributed by atoms with Gasteiger partial charge in [-0.15, -0.1) is 30.6 Å². The molecule has 2 N–H and O–H groups in total. The maximum absolute atomic E-state index is 12.6. The third-order valence-corrected chi connectivity index (χ3v) is 3.20. The third kappa shape index (κ3) is 9.20. The molecule has 0 atom stereocenters. The Kier molecular flexibility index (Phi) is 11.9. The van der Waals surface area contributed by atoms with Crippen molar-refractivity contribution in [3.05, 3.63) is 30.6 Å². The van der Waals surface area contributed by atoms with E-state index >= 15 is 0 Å². The van der Waals surface area contributed by atoms with E-state index in [2.05, 4.69) is 32.2 Å². The maximum Gasteiger partial charge on any atom is 0.433 e. The standard InChI is InChI=1S/C16H25F3N6.HI/c1-4-6-7-12-25(3)15(20-5-2)23-11-10-22-14-21-9-8-13(24-14)16(17,18)19;/h4,8-9H,1,5-7,10-12H2,2-3H3,(H,20,23)(H,21,22,24);1H. The molecule has 0 saturated heterocycles. The first-order chi connectivity index (χ1) is 11.9. The minimum atomic E-state index is -4.48. The van der Waals surface area contributed by atoms with Gasteiger partial charge in [0.2, 0.25) is 5.95 Å². The van der Waals surface area contributed by atoms with E-state index in [0.717, 1.165) is 44.2 Å². The van der Waals surface area contributed by atoms with Gasteiger partial charge in [0.25, 0.3) is 0 Å². The molecule has 26 heavy (non-hydrogen) atoms. The number of allylic oxidation sites excluding steroid dienone is 1. The zero-order valence-electron chi connectivity index (χ0n) is 15.0. The van der Waals surface area contributed by atoms with Crippen LogP contribution in [-0.2, 0) is 6.18 Å². The van der Waals surface area contributed by atoms with Gasteiger partial charge in [0, 0.05) is 32.9 Å². The van der Waals surface area contributed by atoms with Gasteiger partial charge in [-0.1, -0.05) is 6.08 Å². The van der Waals surface area contributed by atoms with Crippen LogP contribution in [0, 0.1) is 0 Å². The molecule has 0 radical (unpaired) electrons. The monoisotopic (exact) mass is 486 g/mol. The van der Waals surface area contributed by atoms with Gasteiger partial charge in [0.05, 0.1) is 6.54 Å². The number of unbranched alkanes of at least 4 members (excludes halogenated alkanes) is 1. The summed E-state index contributed by atoms with van der Waals surface area (Å²) >= 11 is 0. The van der Waals surface area contributed by atoms with Crippen LogP contribution >= 0.6 is 24.0 Å². The predicted octanol–water partition coefficient (Wildman–Crippen LogP) is 3.39. The highest BCUT2D eigenvalue weighted by Crippen LogP contribution is 2.27. The molecule has 0 unspecified atom stereocenters. The Morgan fingerprint density at radius 3 is 2.77 bits per heavy atom. The summed E-state index contributed by atoms with van der Waals surface area (Å²) in [6, 6.07) is 0.838. The van der Waals surface area contributed by atoms with Crippen LogP contribution in [0.4, 0.5) is 19.1 Å². The predicted molar refractivity (Wildman–Crippen MR) is 109 cm³/mol. The molecule has 0 amide bonds. The molecule has 0 fully saturated rings. The first-order valence-corrected chi connectivity index (χ1v) is 8.13. The molecule has 6 nitrogen and oxygen atoms in total. The number of alkyl halides is 3. The zero-order valence-corrected chi connectivity index (χ0v) is 17.3. The number of hydrogen-bond acceptors (Lipinski definition) is 4. The maximum atomic E-state index is 12.6. The smallest absolute Gasteiger partial charge is 0.357 e. The SMILES string of the molecule is C=CCCCN(C)C(=NCCNc1nccc(C(F)(F)F)n1)NCC.I. The van der Waals surface area contributed by atoms with Crippen molar-refractivity contribution in [3.63, 3.8) is 0 Å². The molecule has 10 heteroatoms. The second-order valence-electron chi connectivity index (χ2n) is 5.28. The van der Waals surface area contributed by atoms with Crippen molar-refractivity contribution in [2.45, 2.75) is 25.9 Å². The number of guanidine groups is 1. The third-order valence-electron chi connectivity index (χ3n) is 3.20. The van der Waals surface area contributed by atoms with Crippen LogP contribution < -0.4 is 10.6 Å². The Hall–Kier alpha value is -1.59. The van der Waals surface area contributed by atoms with Gasteiger partial charge in [0.15, 0.2) is 5.96 Å². The van der Waals surface area contributed by atoms with E-state index in [1.54, 1.807) is 0 Å². The Morgan fingerprint density at radius 1 is 1.42 bits per heavy atom. The van der Waals surface area contributed by atoms with E-state index in [4.69, 9.17) is 0 Å². The number of rotatable bonds is 9. The van der Waals surface area contributed by atoms with Crippen molar-refractivity contribution in [1.82, 2.24) is 20.2 Å². The van der Waals surface area contributed by atoms with E-state index in [9.17, 15) is 13.2 Å². The van der Waals surface area contributed by atoms with Gasteiger partial charge >= 0.3 is 6.18 Å². The molecule has 0 aliphatic rings. The summed E-state index contributed by atoms with van der Waals surface area (Å²) in [5.74, 6) is 0.688. The van der Waals surface area contributed by atoms with Gasteiger partial charge in [-0.2, -0.15) is 13.2 Å². The summed E-state index contributed by atoms with van der Waals surface area (Å²) in [6.45, 7) is 7.95. The number of aliphatic imine (C=N–C) groups is 1. The molecule has 148 valence electrons. The van der Waals surface area contributed by atoms with Crippen molar-refractivity contribution in [3.8, 4) is 0 Å². The molecule has 0 aromatic carbocycles. The van der Waals surface area contributed by atoms with Gasteiger partial charge in [-0.25, -0.2) is 9.97 Å². The first kappa shape index (κ1) is 24.4. The van der Waals surface area contributed by atoms with Crippen molar-refractivity contribution in [2.24, 2.45) is 4.99 Å². The van der Waals surface area contributed by atoms with Gasteiger partial charge < -0.3 is 15.5 Å². The molecular weight excluding hydrogens is 460 g/mol. The van der Waals surface area contributed by atoms with E-state index in [-0.39, 0.29) is 29.9 Å². The van der Waals surface area contributed by atoms with Crippen LogP contribution in [0.3, 0.4) is 0 Å². The Labute approximate surface area is 169 Å². The average Bonchev–Trinajstić information content (AvgIpc) is 2.57.